The molecular formula is C8H6N2O4. The predicted molar refractivity (Wildman–Crippen MR) is 44.9 cm³/mol. The highest BCUT2D eigenvalue weighted by Gasteiger charge is 2.19. The number of H-pyrrole nitrogens is 1. The van der Waals surface area contributed by atoms with Crippen molar-refractivity contribution in [1.82, 2.24) is 10.2 Å². The number of nitrogens with zero attached hydrogens (tertiary/aromatic N) is 1. The minimum absolute atomic E-state index is 0.163. The number of hydrogen-bond acceptors (Lipinski definition) is 4. The number of aromatic carboxylic acids is 1. The fraction of sp³-hybridized carbons (Fsp3) is 0. The smallest absolute Gasteiger partial charge is 0.357 e. The molecule has 0 aliphatic rings. The largest absolute Gasteiger partial charge is 0.504 e. The summed E-state index contributed by atoms with van der Waals surface area (Å²) in [6, 6.07) is 1.57. The van der Waals surface area contributed by atoms with Gasteiger partial charge in [-0.15, -0.1) is 0 Å². The number of rotatable bonds is 2. The lowest BCUT2D eigenvalue weighted by molar-refractivity contribution is 0.0687. The number of aromatic nitrogens is 2. The lowest BCUT2D eigenvalue weighted by Crippen LogP contribution is -1.96. The average Bonchev–Trinajstić information content (AvgIpc) is 2.71. The van der Waals surface area contributed by atoms with Gasteiger partial charge in [0.05, 0.1) is 12.5 Å². The van der Waals surface area contributed by atoms with Crippen molar-refractivity contribution in [1.29, 1.82) is 0 Å². The van der Waals surface area contributed by atoms with Crippen LogP contribution < -0.4 is 0 Å². The molecule has 0 fully saturated rings. The molecule has 3 N–H and O–H groups in total. The Bertz CT molecular complexity index is 458. The fourth-order valence-corrected chi connectivity index (χ4v) is 1.09. The first-order valence-corrected chi connectivity index (χ1v) is 3.73. The summed E-state index contributed by atoms with van der Waals surface area (Å²) in [5, 5.41) is 24.0. The Morgan fingerprint density at radius 2 is 2.36 bits per heavy atom. The number of aromatic amines is 1. The van der Waals surface area contributed by atoms with E-state index in [1.807, 2.05) is 0 Å². The van der Waals surface area contributed by atoms with Crippen molar-refractivity contribution in [3.8, 4) is 17.0 Å². The van der Waals surface area contributed by atoms with Gasteiger partial charge in [-0.1, -0.05) is 0 Å². The van der Waals surface area contributed by atoms with E-state index < -0.39 is 5.97 Å². The Hall–Kier alpha value is -2.24. The van der Waals surface area contributed by atoms with Gasteiger partial charge in [0, 0.05) is 5.56 Å². The van der Waals surface area contributed by atoms with E-state index in [2.05, 4.69) is 10.2 Å². The molecular weight excluding hydrogens is 188 g/mol. The zero-order valence-electron chi connectivity index (χ0n) is 6.89. The van der Waals surface area contributed by atoms with Crippen molar-refractivity contribution in [2.75, 3.05) is 0 Å². The zero-order chi connectivity index (χ0) is 10.1. The topological polar surface area (TPSA) is 99.3 Å². The fourth-order valence-electron chi connectivity index (χ4n) is 1.09. The Labute approximate surface area is 77.8 Å². The number of furan rings is 1. The van der Waals surface area contributed by atoms with Crippen LogP contribution in [0.4, 0.5) is 0 Å². The van der Waals surface area contributed by atoms with Crippen molar-refractivity contribution in [2.24, 2.45) is 0 Å². The molecule has 0 atom stereocenters. The number of aromatic hydroxyl groups is 1. The van der Waals surface area contributed by atoms with Crippen LogP contribution in [0.1, 0.15) is 10.5 Å². The Kier molecular flexibility index (Phi) is 1.74. The molecule has 0 saturated heterocycles. The first-order chi connectivity index (χ1) is 6.70. The van der Waals surface area contributed by atoms with Gasteiger partial charge in [0.2, 0.25) is 0 Å². The molecule has 0 amide bonds. The molecule has 2 aromatic heterocycles. The maximum atomic E-state index is 10.5. The SMILES string of the molecule is O=C(O)c1[nH]nc(-c2ccoc2)c1O. The number of carboxylic acid groups (broad SMARTS) is 1. The monoisotopic (exact) mass is 194 g/mol. The molecule has 72 valence electrons. The van der Waals surface area contributed by atoms with E-state index >= 15 is 0 Å². The first-order valence-electron chi connectivity index (χ1n) is 3.73. The third-order valence-corrected chi connectivity index (χ3v) is 1.75. The van der Waals surface area contributed by atoms with E-state index in [4.69, 9.17) is 9.52 Å². The minimum Gasteiger partial charge on any atom is -0.504 e. The van der Waals surface area contributed by atoms with Crippen LogP contribution in [-0.2, 0) is 0 Å². The molecule has 0 bridgehead atoms. The second kappa shape index (κ2) is 2.91. The quantitative estimate of drug-likeness (QED) is 0.664. The summed E-state index contributed by atoms with van der Waals surface area (Å²) in [5.74, 6) is -1.65. The second-order valence-electron chi connectivity index (χ2n) is 2.61. The molecule has 0 saturated carbocycles. The van der Waals surface area contributed by atoms with Gasteiger partial charge in [0.25, 0.3) is 0 Å². The summed E-state index contributed by atoms with van der Waals surface area (Å²) >= 11 is 0. The lowest BCUT2D eigenvalue weighted by Gasteiger charge is -1.91. The number of carboxylic acids is 1. The summed E-state index contributed by atoms with van der Waals surface area (Å²) < 4.78 is 4.78. The van der Waals surface area contributed by atoms with Crippen LogP contribution in [0.25, 0.3) is 11.3 Å². The van der Waals surface area contributed by atoms with Crippen molar-refractivity contribution in [2.45, 2.75) is 0 Å². The Morgan fingerprint density at radius 3 is 2.86 bits per heavy atom. The van der Waals surface area contributed by atoms with Gasteiger partial charge in [-0.3, -0.25) is 5.10 Å². The van der Waals surface area contributed by atoms with E-state index in [0.717, 1.165) is 0 Å². The third kappa shape index (κ3) is 1.13. The summed E-state index contributed by atoms with van der Waals surface area (Å²) in [7, 11) is 0. The normalized spacial score (nSPS) is 10.3. The van der Waals surface area contributed by atoms with Gasteiger partial charge in [-0.25, -0.2) is 4.79 Å². The maximum Gasteiger partial charge on any atom is 0.357 e. The van der Waals surface area contributed by atoms with Gasteiger partial charge in [0.1, 0.15) is 5.69 Å². The number of nitrogens with one attached hydrogen (secondary N) is 1. The Morgan fingerprint density at radius 1 is 1.57 bits per heavy atom. The van der Waals surface area contributed by atoms with Crippen molar-refractivity contribution >= 4 is 5.97 Å². The van der Waals surface area contributed by atoms with Gasteiger partial charge in [-0.05, 0) is 6.07 Å². The van der Waals surface area contributed by atoms with E-state index in [-0.39, 0.29) is 17.1 Å². The predicted octanol–water partition coefficient (Wildman–Crippen LogP) is 1.07. The van der Waals surface area contributed by atoms with Crippen LogP contribution in [0.3, 0.4) is 0 Å². The summed E-state index contributed by atoms with van der Waals surface area (Å²) in [6.45, 7) is 0. The van der Waals surface area contributed by atoms with Gasteiger partial charge < -0.3 is 14.6 Å². The van der Waals surface area contributed by atoms with Crippen molar-refractivity contribution < 1.29 is 19.4 Å². The molecule has 6 nitrogen and oxygen atoms in total. The van der Waals surface area contributed by atoms with Crippen LogP contribution in [-0.4, -0.2) is 26.4 Å². The molecule has 6 heteroatoms. The van der Waals surface area contributed by atoms with E-state index in [1.54, 1.807) is 6.07 Å². The average molecular weight is 194 g/mol. The number of hydrogen-bond donors (Lipinski definition) is 3. The van der Waals surface area contributed by atoms with Crippen molar-refractivity contribution in [3.05, 3.63) is 24.3 Å². The molecule has 0 aromatic carbocycles. The molecule has 2 aromatic rings. The molecule has 2 heterocycles. The number of carbonyl (C=O) groups is 1. The molecule has 0 aliphatic heterocycles. The van der Waals surface area contributed by atoms with Crippen molar-refractivity contribution in [3.63, 3.8) is 0 Å². The standard InChI is InChI=1S/C8H6N2O4/c11-7-5(4-1-2-14-3-4)9-10-6(7)8(12)13/h1-3,11H,(H,9,10)(H,12,13). The van der Waals surface area contributed by atoms with Crippen LogP contribution in [0.2, 0.25) is 0 Å². The third-order valence-electron chi connectivity index (χ3n) is 1.75. The highest BCUT2D eigenvalue weighted by molar-refractivity contribution is 5.91. The maximum absolute atomic E-state index is 10.5. The second-order valence-corrected chi connectivity index (χ2v) is 2.61. The summed E-state index contributed by atoms with van der Waals surface area (Å²) in [4.78, 5) is 10.5. The zero-order valence-corrected chi connectivity index (χ0v) is 6.89. The summed E-state index contributed by atoms with van der Waals surface area (Å²) in [5.41, 5.74) is 0.351. The lowest BCUT2D eigenvalue weighted by atomic mass is 10.2. The van der Waals surface area contributed by atoms with E-state index in [0.29, 0.717) is 5.56 Å². The highest BCUT2D eigenvalue weighted by atomic mass is 16.4. The Balaban J connectivity index is 2.52. The van der Waals surface area contributed by atoms with Crippen LogP contribution in [0, 0.1) is 0 Å². The molecule has 2 rings (SSSR count). The first kappa shape index (κ1) is 8.36. The molecule has 0 spiro atoms. The summed E-state index contributed by atoms with van der Waals surface area (Å²) in [6.07, 6.45) is 2.77. The van der Waals surface area contributed by atoms with E-state index in [1.165, 1.54) is 12.5 Å². The van der Waals surface area contributed by atoms with Gasteiger partial charge in [0.15, 0.2) is 11.4 Å². The highest BCUT2D eigenvalue weighted by Crippen LogP contribution is 2.29. The van der Waals surface area contributed by atoms with Gasteiger partial charge >= 0.3 is 5.97 Å². The molecule has 14 heavy (non-hydrogen) atoms. The molecule has 0 radical (unpaired) electrons. The minimum atomic E-state index is -1.26. The van der Waals surface area contributed by atoms with Crippen LogP contribution >= 0.6 is 0 Å². The van der Waals surface area contributed by atoms with E-state index in [9.17, 15) is 9.90 Å². The van der Waals surface area contributed by atoms with Gasteiger partial charge in [-0.2, -0.15) is 5.10 Å². The van der Waals surface area contributed by atoms with Crippen LogP contribution in [0.15, 0.2) is 23.0 Å². The molecule has 0 unspecified atom stereocenters. The van der Waals surface area contributed by atoms with Crippen LogP contribution in [0.5, 0.6) is 5.75 Å². The molecule has 0 aliphatic carbocycles.